The summed E-state index contributed by atoms with van der Waals surface area (Å²) in [6.07, 6.45) is 1.81. The summed E-state index contributed by atoms with van der Waals surface area (Å²) in [6, 6.07) is 63.6. The maximum Gasteiger partial charge on any atom is 0.231 e. The predicted octanol–water partition coefficient (Wildman–Crippen LogP) is 13.7. The first-order chi connectivity index (χ1) is 38.0. The van der Waals surface area contributed by atoms with Crippen LogP contribution in [0.2, 0.25) is 0 Å². The number of fused-ring (bicyclic) bond motifs is 6. The summed E-state index contributed by atoms with van der Waals surface area (Å²) in [6.45, 7) is 2.26. The van der Waals surface area contributed by atoms with Crippen LogP contribution in [0.15, 0.2) is 206 Å². The number of pyridine rings is 1. The molecule has 14 heteroatoms. The monoisotopic (exact) mass is 1020 g/mol. The Morgan fingerprint density at radius 3 is 1.36 bits per heavy atom. The lowest BCUT2D eigenvalue weighted by molar-refractivity contribution is 0.173. The highest BCUT2D eigenvalue weighted by Crippen LogP contribution is 2.40. The van der Waals surface area contributed by atoms with Crippen molar-refractivity contribution in [2.45, 2.75) is 19.6 Å². The average molecular weight is 1020 g/mol. The van der Waals surface area contributed by atoms with Crippen LogP contribution in [0.1, 0.15) is 16.8 Å². The van der Waals surface area contributed by atoms with Crippen LogP contribution in [0.25, 0.3) is 67.0 Å². The quantitative estimate of drug-likeness (QED) is 0.140. The van der Waals surface area contributed by atoms with Crippen LogP contribution < -0.4 is 28.4 Å². The van der Waals surface area contributed by atoms with E-state index in [1.54, 1.807) is 18.2 Å². The van der Waals surface area contributed by atoms with Crippen molar-refractivity contribution < 1.29 is 37.2 Å². The molecule has 3 aliphatic rings. The zero-order valence-corrected chi connectivity index (χ0v) is 41.3. The minimum Gasteiger partial charge on any atom is -0.454 e. The van der Waals surface area contributed by atoms with Gasteiger partial charge >= 0.3 is 0 Å². The number of hydrogen-bond donors (Lipinski definition) is 0. The van der Waals surface area contributed by atoms with Crippen LogP contribution >= 0.6 is 0 Å². The Balaban J connectivity index is 0.000000110. The molecule has 12 nitrogen and oxygen atoms in total. The maximum atomic E-state index is 14.2. The van der Waals surface area contributed by atoms with Gasteiger partial charge in [0, 0.05) is 50.6 Å². The zero-order valence-electron chi connectivity index (χ0n) is 41.3. The molecule has 0 fully saturated rings. The number of aromatic nitrogens is 6. The van der Waals surface area contributed by atoms with E-state index in [0.717, 1.165) is 101 Å². The van der Waals surface area contributed by atoms with Gasteiger partial charge in [0.1, 0.15) is 23.3 Å². The smallest absolute Gasteiger partial charge is 0.231 e. The number of benzene rings is 8. The Bertz CT molecular complexity index is 3960. The van der Waals surface area contributed by atoms with E-state index in [2.05, 4.69) is 38.4 Å². The van der Waals surface area contributed by atoms with Crippen molar-refractivity contribution in [2.75, 3.05) is 20.4 Å². The van der Waals surface area contributed by atoms with Crippen molar-refractivity contribution in [3.8, 4) is 68.5 Å². The third kappa shape index (κ3) is 9.37. The number of imidazole rings is 2. The van der Waals surface area contributed by atoms with Gasteiger partial charge in [-0.15, -0.1) is 0 Å². The highest BCUT2D eigenvalue weighted by molar-refractivity contribution is 5.88. The van der Waals surface area contributed by atoms with E-state index in [1.165, 1.54) is 12.1 Å². The fourth-order valence-electron chi connectivity index (χ4n) is 9.91. The number of hydrogen-bond acceptors (Lipinski definition) is 9. The molecule has 0 atom stereocenters. The summed E-state index contributed by atoms with van der Waals surface area (Å²) in [5, 5.41) is 1.12. The van der Waals surface area contributed by atoms with Crippen LogP contribution in [-0.2, 0) is 19.6 Å². The van der Waals surface area contributed by atoms with Gasteiger partial charge in [-0.1, -0.05) is 84.9 Å². The molecular formula is C63H46F2N6O6. The predicted molar refractivity (Wildman–Crippen MR) is 290 cm³/mol. The first-order valence-corrected chi connectivity index (χ1v) is 25.0. The molecule has 0 aliphatic carbocycles. The van der Waals surface area contributed by atoms with E-state index >= 15 is 0 Å². The number of ether oxygens (including phenoxy) is 6. The van der Waals surface area contributed by atoms with E-state index in [0.29, 0.717) is 36.5 Å². The molecule has 0 bridgehead atoms. The Hall–Kier alpha value is -9.95. The van der Waals surface area contributed by atoms with Crippen LogP contribution in [0, 0.1) is 11.6 Å². The van der Waals surface area contributed by atoms with E-state index < -0.39 is 0 Å². The van der Waals surface area contributed by atoms with Crippen LogP contribution in [-0.4, -0.2) is 49.0 Å². The highest BCUT2D eigenvalue weighted by Gasteiger charge is 2.22. The largest absolute Gasteiger partial charge is 0.454 e. The van der Waals surface area contributed by atoms with Gasteiger partial charge in [0.25, 0.3) is 0 Å². The van der Waals surface area contributed by atoms with Gasteiger partial charge in [-0.05, 0) is 115 Å². The molecule has 0 N–H and O–H groups in total. The third-order valence-corrected chi connectivity index (χ3v) is 13.7. The van der Waals surface area contributed by atoms with Crippen molar-refractivity contribution in [1.82, 2.24) is 28.7 Å². The van der Waals surface area contributed by atoms with Gasteiger partial charge < -0.3 is 42.1 Å². The fourth-order valence-corrected chi connectivity index (χ4v) is 9.91. The number of rotatable bonds is 9. The molecule has 3 aliphatic heterocycles. The molecule has 0 saturated carbocycles. The Morgan fingerprint density at radius 1 is 0.377 bits per heavy atom. The molecule has 7 heterocycles. The molecular weight excluding hydrogens is 975 g/mol. The van der Waals surface area contributed by atoms with Gasteiger partial charge in [0.05, 0.1) is 47.4 Å². The highest BCUT2D eigenvalue weighted by atomic mass is 19.1. The minimum absolute atomic E-state index is 0.193. The number of nitrogens with zero attached hydrogens (tertiary/aromatic N) is 6. The summed E-state index contributed by atoms with van der Waals surface area (Å²) in [4.78, 5) is 14.1. The van der Waals surface area contributed by atoms with Gasteiger partial charge in [-0.25, -0.2) is 18.7 Å². The lowest BCUT2D eigenvalue weighted by Crippen LogP contribution is -2.04. The molecule has 0 spiro atoms. The Labute approximate surface area is 440 Å². The maximum absolute atomic E-state index is 14.2. The fraction of sp³-hybridized carbons (Fsp3) is 0.0952. The van der Waals surface area contributed by atoms with E-state index in [9.17, 15) is 8.78 Å². The summed E-state index contributed by atoms with van der Waals surface area (Å²) in [7, 11) is 0. The first-order valence-electron chi connectivity index (χ1n) is 25.0. The van der Waals surface area contributed by atoms with E-state index in [1.807, 2.05) is 156 Å². The normalized spacial score (nSPS) is 12.6. The van der Waals surface area contributed by atoms with Crippen LogP contribution in [0.5, 0.6) is 34.5 Å². The Kier molecular flexibility index (Phi) is 12.4. The molecule has 0 amide bonds. The van der Waals surface area contributed by atoms with Crippen molar-refractivity contribution >= 4 is 33.0 Å². The Morgan fingerprint density at radius 2 is 0.818 bits per heavy atom. The molecule has 378 valence electrons. The van der Waals surface area contributed by atoms with Crippen LogP contribution in [0.3, 0.4) is 0 Å². The zero-order chi connectivity index (χ0) is 51.7. The molecule has 0 unspecified atom stereocenters. The second kappa shape index (κ2) is 20.4. The summed E-state index contributed by atoms with van der Waals surface area (Å²) >= 11 is 0. The SMILES string of the molecule is Fc1ccccc1Cn1c(-c2ccc3c(c2)OCO3)cc2ccccc21.Fc1ccccc1Cn1c(-c2ccc3c(c2)OCO3)nc2ccccc21.c1ccc(Cn2c(-c3ccc4c(c3)OCO4)nc3ccccc32)nc1. The average Bonchev–Trinajstić information content (AvgIpc) is 4.41. The molecule has 77 heavy (non-hydrogen) atoms. The number of halogens is 2. The standard InChI is InChI=1S/C22H16FNO2.C21H15FN2O2.C20H15N3O2/c23-18-7-3-1-6-17(18)13-24-19-8-4-2-5-15(19)11-20(24)16-9-10-21-22(12-16)26-14-25-21;22-16-6-2-1-5-15(16)12-24-18-8-4-3-7-17(18)23-21(24)14-9-10-19-20(11-14)26-13-25-19;1-2-7-17-16(6-1)22-20(23(17)12-15-5-3-4-10-21-15)14-8-9-18-19(11-14)25-13-24-18/h1-12H,13-14H2;1-11H,12-13H2;1-11H,12-13H2. The van der Waals surface area contributed by atoms with E-state index in [4.69, 9.17) is 38.4 Å². The van der Waals surface area contributed by atoms with Gasteiger partial charge in [-0.2, -0.15) is 0 Å². The second-order valence-electron chi connectivity index (χ2n) is 18.4. The lowest BCUT2D eigenvalue weighted by atomic mass is 10.1. The van der Waals surface area contributed by atoms with Crippen molar-refractivity contribution in [3.63, 3.8) is 0 Å². The number of para-hydroxylation sites is 5. The molecule has 0 saturated heterocycles. The minimum atomic E-state index is -0.220. The lowest BCUT2D eigenvalue weighted by Gasteiger charge is -2.12. The third-order valence-electron chi connectivity index (χ3n) is 13.7. The van der Waals surface area contributed by atoms with Gasteiger partial charge in [0.15, 0.2) is 34.5 Å². The topological polar surface area (TPSA) is 109 Å². The summed E-state index contributed by atoms with van der Waals surface area (Å²) in [5.41, 5.74) is 11.2. The molecule has 8 aromatic carbocycles. The van der Waals surface area contributed by atoms with Crippen molar-refractivity contribution in [2.24, 2.45) is 0 Å². The van der Waals surface area contributed by atoms with Gasteiger partial charge in [0.2, 0.25) is 20.4 Å². The van der Waals surface area contributed by atoms with Crippen LogP contribution in [0.4, 0.5) is 8.78 Å². The first kappa shape index (κ1) is 46.8. The molecule has 0 radical (unpaired) electrons. The second-order valence-corrected chi connectivity index (χ2v) is 18.4. The summed E-state index contributed by atoms with van der Waals surface area (Å²) < 4.78 is 67.6. The van der Waals surface area contributed by atoms with Crippen molar-refractivity contribution in [1.29, 1.82) is 0 Å². The van der Waals surface area contributed by atoms with Crippen molar-refractivity contribution in [3.05, 3.63) is 235 Å². The summed E-state index contributed by atoms with van der Waals surface area (Å²) in [5.74, 6) is 5.71. The van der Waals surface area contributed by atoms with E-state index in [-0.39, 0.29) is 32.0 Å². The molecule has 4 aromatic heterocycles. The van der Waals surface area contributed by atoms with Gasteiger partial charge in [-0.3, -0.25) is 4.98 Å². The molecule has 15 rings (SSSR count). The molecule has 12 aromatic rings.